The van der Waals surface area contributed by atoms with Crippen molar-refractivity contribution in [3.8, 4) is 6.07 Å². The van der Waals surface area contributed by atoms with Crippen LogP contribution in [0, 0.1) is 11.3 Å². The molecule has 0 aliphatic heterocycles. The molecule has 2 aromatic rings. The van der Waals surface area contributed by atoms with E-state index in [1.807, 2.05) is 12.1 Å². The van der Waals surface area contributed by atoms with E-state index < -0.39 is 0 Å². The summed E-state index contributed by atoms with van der Waals surface area (Å²) in [4.78, 5) is 8.34. The minimum absolute atomic E-state index is 0.0805. The monoisotopic (exact) mass is 225 g/mol. The second kappa shape index (κ2) is 5.19. The third-order valence-electron chi connectivity index (χ3n) is 2.37. The van der Waals surface area contributed by atoms with Gasteiger partial charge in [-0.1, -0.05) is 12.1 Å². The molecule has 0 saturated heterocycles. The first-order valence-corrected chi connectivity index (χ1v) is 5.22. The van der Waals surface area contributed by atoms with E-state index in [0.29, 0.717) is 23.5 Å². The molecule has 1 N–H and O–H groups in total. The fourth-order valence-electron chi connectivity index (χ4n) is 1.49. The predicted molar refractivity (Wildman–Crippen MR) is 61.9 cm³/mol. The van der Waals surface area contributed by atoms with Gasteiger partial charge >= 0.3 is 0 Å². The van der Waals surface area contributed by atoms with Crippen LogP contribution < -0.4 is 0 Å². The lowest BCUT2D eigenvalue weighted by Gasteiger charge is -2.02. The molecule has 0 aliphatic rings. The molecule has 0 aliphatic carbocycles. The summed E-state index contributed by atoms with van der Waals surface area (Å²) in [5, 5.41) is 17.7. The zero-order chi connectivity index (χ0) is 12.1. The molecule has 0 unspecified atom stereocenters. The summed E-state index contributed by atoms with van der Waals surface area (Å²) in [6.07, 6.45) is 2.23. The van der Waals surface area contributed by atoms with Crippen LogP contribution in [0.25, 0.3) is 0 Å². The van der Waals surface area contributed by atoms with E-state index in [1.165, 1.54) is 0 Å². The Labute approximate surface area is 99.2 Å². The summed E-state index contributed by atoms with van der Waals surface area (Å²) in [6.45, 7) is -0.0805. The number of aliphatic hydroxyl groups excluding tert-OH is 1. The van der Waals surface area contributed by atoms with Crippen molar-refractivity contribution in [2.75, 3.05) is 0 Å². The lowest BCUT2D eigenvalue weighted by Crippen LogP contribution is -1.99. The topological polar surface area (TPSA) is 69.8 Å². The molecule has 0 atom stereocenters. The van der Waals surface area contributed by atoms with Crippen LogP contribution in [0.15, 0.2) is 36.5 Å². The summed E-state index contributed by atoms with van der Waals surface area (Å²) in [5.74, 6) is 0.668. The zero-order valence-corrected chi connectivity index (χ0v) is 9.17. The Morgan fingerprint density at radius 2 is 1.94 bits per heavy atom. The Bertz CT molecular complexity index is 543. The molecule has 1 aromatic carbocycles. The Balaban J connectivity index is 2.16. The number of hydrogen-bond acceptors (Lipinski definition) is 4. The van der Waals surface area contributed by atoms with Crippen molar-refractivity contribution in [2.45, 2.75) is 13.0 Å². The van der Waals surface area contributed by atoms with E-state index in [4.69, 9.17) is 10.4 Å². The average Bonchev–Trinajstić information content (AvgIpc) is 2.40. The maximum atomic E-state index is 8.97. The molecule has 4 heteroatoms. The fourth-order valence-corrected chi connectivity index (χ4v) is 1.49. The highest BCUT2D eigenvalue weighted by atomic mass is 16.3. The molecular weight excluding hydrogens is 214 g/mol. The number of rotatable bonds is 3. The van der Waals surface area contributed by atoms with Crippen LogP contribution in [-0.4, -0.2) is 15.1 Å². The van der Waals surface area contributed by atoms with Gasteiger partial charge < -0.3 is 5.11 Å². The van der Waals surface area contributed by atoms with Gasteiger partial charge in [-0.15, -0.1) is 0 Å². The number of hydrogen-bond donors (Lipinski definition) is 1. The summed E-state index contributed by atoms with van der Waals surface area (Å²) in [6, 6.07) is 11.1. The van der Waals surface area contributed by atoms with Crippen molar-refractivity contribution in [1.29, 1.82) is 5.26 Å². The van der Waals surface area contributed by atoms with Gasteiger partial charge in [-0.2, -0.15) is 5.26 Å². The number of nitriles is 1. The first-order chi connectivity index (χ1) is 8.31. The molecule has 0 bridgehead atoms. The number of nitrogens with zero attached hydrogens (tertiary/aromatic N) is 3. The van der Waals surface area contributed by atoms with Gasteiger partial charge in [0.05, 0.1) is 23.9 Å². The van der Waals surface area contributed by atoms with Gasteiger partial charge in [0, 0.05) is 12.6 Å². The Morgan fingerprint density at radius 1 is 1.18 bits per heavy atom. The van der Waals surface area contributed by atoms with Crippen molar-refractivity contribution in [3.05, 3.63) is 59.2 Å². The highest BCUT2D eigenvalue weighted by molar-refractivity contribution is 5.32. The first-order valence-electron chi connectivity index (χ1n) is 5.22. The van der Waals surface area contributed by atoms with E-state index in [9.17, 15) is 0 Å². The zero-order valence-electron chi connectivity index (χ0n) is 9.17. The van der Waals surface area contributed by atoms with E-state index >= 15 is 0 Å². The van der Waals surface area contributed by atoms with Crippen molar-refractivity contribution in [1.82, 2.24) is 9.97 Å². The molecule has 0 radical (unpaired) electrons. The number of aliphatic hydroxyl groups is 1. The van der Waals surface area contributed by atoms with Crippen LogP contribution >= 0.6 is 0 Å². The molecular formula is C13H11N3O. The van der Waals surface area contributed by atoms with E-state index in [1.54, 1.807) is 24.4 Å². The molecule has 0 amide bonds. The molecule has 1 heterocycles. The Kier molecular flexibility index (Phi) is 3.43. The summed E-state index contributed by atoms with van der Waals surface area (Å²) in [7, 11) is 0. The SMILES string of the molecule is N#Cc1ccc(Cc2nccc(CO)n2)cc1. The van der Waals surface area contributed by atoms with Crippen molar-refractivity contribution >= 4 is 0 Å². The number of benzene rings is 1. The molecule has 4 nitrogen and oxygen atoms in total. The van der Waals surface area contributed by atoms with E-state index in [2.05, 4.69) is 16.0 Å². The smallest absolute Gasteiger partial charge is 0.132 e. The third kappa shape index (κ3) is 2.86. The molecule has 0 fully saturated rings. The molecule has 84 valence electrons. The molecule has 17 heavy (non-hydrogen) atoms. The number of aromatic nitrogens is 2. The standard InChI is InChI=1S/C13H11N3O/c14-8-11-3-1-10(2-4-11)7-13-15-6-5-12(9-17)16-13/h1-6,17H,7,9H2. The van der Waals surface area contributed by atoms with Crippen molar-refractivity contribution in [3.63, 3.8) is 0 Å². The first kappa shape index (κ1) is 11.2. The molecule has 1 aromatic heterocycles. The van der Waals surface area contributed by atoms with Gasteiger partial charge in [-0.25, -0.2) is 9.97 Å². The summed E-state index contributed by atoms with van der Waals surface area (Å²) in [5.41, 5.74) is 2.29. The minimum atomic E-state index is -0.0805. The van der Waals surface area contributed by atoms with Gasteiger partial charge in [0.25, 0.3) is 0 Å². The van der Waals surface area contributed by atoms with E-state index in [-0.39, 0.29) is 6.61 Å². The van der Waals surface area contributed by atoms with Crippen molar-refractivity contribution < 1.29 is 5.11 Å². The molecule has 2 rings (SSSR count). The van der Waals surface area contributed by atoms with Gasteiger partial charge in [-0.05, 0) is 23.8 Å². The van der Waals surface area contributed by atoms with Crippen LogP contribution in [0.2, 0.25) is 0 Å². The van der Waals surface area contributed by atoms with Gasteiger partial charge in [0.2, 0.25) is 0 Å². The van der Waals surface area contributed by atoms with Crippen LogP contribution in [-0.2, 0) is 13.0 Å². The van der Waals surface area contributed by atoms with Gasteiger partial charge in [-0.3, -0.25) is 0 Å². The lowest BCUT2D eigenvalue weighted by atomic mass is 10.1. The second-order valence-electron chi connectivity index (χ2n) is 3.61. The minimum Gasteiger partial charge on any atom is -0.390 e. The summed E-state index contributed by atoms with van der Waals surface area (Å²) < 4.78 is 0. The van der Waals surface area contributed by atoms with Crippen LogP contribution in [0.1, 0.15) is 22.6 Å². The Hall–Kier alpha value is -2.25. The average molecular weight is 225 g/mol. The predicted octanol–water partition coefficient (Wildman–Crippen LogP) is 1.43. The highest BCUT2D eigenvalue weighted by Crippen LogP contribution is 2.08. The Morgan fingerprint density at radius 3 is 2.59 bits per heavy atom. The van der Waals surface area contributed by atoms with Crippen LogP contribution in [0.4, 0.5) is 0 Å². The highest BCUT2D eigenvalue weighted by Gasteiger charge is 2.01. The summed E-state index contributed by atoms with van der Waals surface area (Å²) >= 11 is 0. The maximum Gasteiger partial charge on any atom is 0.132 e. The largest absolute Gasteiger partial charge is 0.390 e. The lowest BCUT2D eigenvalue weighted by molar-refractivity contribution is 0.276. The molecule has 0 spiro atoms. The van der Waals surface area contributed by atoms with Crippen LogP contribution in [0.5, 0.6) is 0 Å². The molecule has 0 saturated carbocycles. The van der Waals surface area contributed by atoms with Gasteiger partial charge in [0.15, 0.2) is 0 Å². The third-order valence-corrected chi connectivity index (χ3v) is 2.37. The fraction of sp³-hybridized carbons (Fsp3) is 0.154. The van der Waals surface area contributed by atoms with Crippen molar-refractivity contribution in [2.24, 2.45) is 0 Å². The normalized spacial score (nSPS) is 9.88. The van der Waals surface area contributed by atoms with Crippen LogP contribution in [0.3, 0.4) is 0 Å². The second-order valence-corrected chi connectivity index (χ2v) is 3.61. The van der Waals surface area contributed by atoms with E-state index in [0.717, 1.165) is 5.56 Å². The maximum absolute atomic E-state index is 8.97. The van der Waals surface area contributed by atoms with Gasteiger partial charge in [0.1, 0.15) is 5.82 Å². The quantitative estimate of drug-likeness (QED) is 0.857.